The summed E-state index contributed by atoms with van der Waals surface area (Å²) in [6, 6.07) is 5.70. The number of rotatable bonds is 8. The van der Waals surface area contributed by atoms with Crippen molar-refractivity contribution in [3.63, 3.8) is 0 Å². The van der Waals surface area contributed by atoms with Gasteiger partial charge in [0.05, 0.1) is 4.90 Å². The van der Waals surface area contributed by atoms with Crippen LogP contribution in [0.2, 0.25) is 0 Å². The molecule has 0 radical (unpaired) electrons. The average Bonchev–Trinajstić information content (AvgIpc) is 2.94. The van der Waals surface area contributed by atoms with E-state index in [1.807, 2.05) is 0 Å². The standard InChI is InChI=1S/C20H30N2O5S/c1-15(2)19(20(24)25)21-18(23)12-9-16-7-10-17(11-8-16)28(26,27)22-13-5-3-4-6-14-22/h7-8,10-11,15,19H,3-6,9,12-14H2,1-2H3,(H,21,23)(H,24,25). The number of nitrogens with zero attached hydrogens (tertiary/aromatic N) is 1. The van der Waals surface area contributed by atoms with Gasteiger partial charge in [0.1, 0.15) is 6.04 Å². The predicted molar refractivity (Wildman–Crippen MR) is 106 cm³/mol. The Kier molecular flexibility index (Phi) is 8.00. The van der Waals surface area contributed by atoms with E-state index in [-0.39, 0.29) is 23.1 Å². The summed E-state index contributed by atoms with van der Waals surface area (Å²) in [5.41, 5.74) is 0.835. The third-order valence-electron chi connectivity index (χ3n) is 5.02. The fourth-order valence-corrected chi connectivity index (χ4v) is 4.79. The average molecular weight is 411 g/mol. The summed E-state index contributed by atoms with van der Waals surface area (Å²) in [7, 11) is -3.48. The number of benzene rings is 1. The Morgan fingerprint density at radius 3 is 2.14 bits per heavy atom. The highest BCUT2D eigenvalue weighted by Crippen LogP contribution is 2.21. The molecule has 0 saturated carbocycles. The number of carbonyl (C=O) groups is 2. The topological polar surface area (TPSA) is 104 Å². The van der Waals surface area contributed by atoms with E-state index in [1.165, 1.54) is 0 Å². The van der Waals surface area contributed by atoms with Gasteiger partial charge in [0.25, 0.3) is 0 Å². The van der Waals surface area contributed by atoms with Gasteiger partial charge in [-0.15, -0.1) is 0 Å². The van der Waals surface area contributed by atoms with Gasteiger partial charge in [-0.3, -0.25) is 4.79 Å². The summed E-state index contributed by atoms with van der Waals surface area (Å²) < 4.78 is 27.1. The van der Waals surface area contributed by atoms with Crippen molar-refractivity contribution < 1.29 is 23.1 Å². The Bertz CT molecular complexity index is 766. The van der Waals surface area contributed by atoms with Crippen LogP contribution in [0.5, 0.6) is 0 Å². The number of sulfonamides is 1. The number of carbonyl (C=O) groups excluding carboxylic acids is 1. The van der Waals surface area contributed by atoms with Crippen molar-refractivity contribution >= 4 is 21.9 Å². The molecule has 28 heavy (non-hydrogen) atoms. The minimum absolute atomic E-state index is 0.148. The van der Waals surface area contributed by atoms with Gasteiger partial charge < -0.3 is 10.4 Å². The lowest BCUT2D eigenvalue weighted by Crippen LogP contribution is -2.44. The molecule has 7 nitrogen and oxygen atoms in total. The second-order valence-electron chi connectivity index (χ2n) is 7.59. The molecule has 1 fully saturated rings. The quantitative estimate of drug-likeness (QED) is 0.685. The molecule has 1 aromatic rings. The summed E-state index contributed by atoms with van der Waals surface area (Å²) in [5, 5.41) is 11.7. The molecule has 1 amide bonds. The number of aryl methyl sites for hydroxylation is 1. The zero-order chi connectivity index (χ0) is 20.7. The number of carboxylic acids is 1. The van der Waals surface area contributed by atoms with E-state index in [0.717, 1.165) is 31.2 Å². The number of hydrogen-bond acceptors (Lipinski definition) is 4. The highest BCUT2D eigenvalue weighted by atomic mass is 32.2. The minimum Gasteiger partial charge on any atom is -0.480 e. The van der Waals surface area contributed by atoms with Gasteiger partial charge in [0.15, 0.2) is 0 Å². The lowest BCUT2D eigenvalue weighted by Gasteiger charge is -2.20. The van der Waals surface area contributed by atoms with E-state index in [9.17, 15) is 18.0 Å². The molecule has 1 aromatic carbocycles. The van der Waals surface area contributed by atoms with Crippen LogP contribution in [0.25, 0.3) is 0 Å². The molecule has 0 spiro atoms. The van der Waals surface area contributed by atoms with Crippen molar-refractivity contribution in [3.8, 4) is 0 Å². The molecule has 1 unspecified atom stereocenters. The molecule has 1 atom stereocenters. The smallest absolute Gasteiger partial charge is 0.326 e. The molecule has 8 heteroatoms. The fourth-order valence-electron chi connectivity index (χ4n) is 3.28. The maximum absolute atomic E-state index is 12.8. The molecule has 2 rings (SSSR count). The van der Waals surface area contributed by atoms with Gasteiger partial charge in [-0.2, -0.15) is 4.31 Å². The molecular formula is C20H30N2O5S. The number of carboxylic acid groups (broad SMARTS) is 1. The molecule has 0 aliphatic carbocycles. The highest BCUT2D eigenvalue weighted by Gasteiger charge is 2.25. The van der Waals surface area contributed by atoms with Gasteiger partial charge >= 0.3 is 5.97 Å². The van der Waals surface area contributed by atoms with Gasteiger partial charge in [-0.05, 0) is 42.9 Å². The molecule has 1 saturated heterocycles. The lowest BCUT2D eigenvalue weighted by molar-refractivity contribution is -0.143. The van der Waals surface area contributed by atoms with Gasteiger partial charge in [-0.1, -0.05) is 38.8 Å². The van der Waals surface area contributed by atoms with Gasteiger partial charge in [0, 0.05) is 19.5 Å². The van der Waals surface area contributed by atoms with E-state index < -0.39 is 22.0 Å². The third-order valence-corrected chi connectivity index (χ3v) is 6.93. The van der Waals surface area contributed by atoms with E-state index in [2.05, 4.69) is 5.32 Å². The first-order valence-electron chi connectivity index (χ1n) is 9.83. The van der Waals surface area contributed by atoms with Crippen molar-refractivity contribution in [2.24, 2.45) is 5.92 Å². The molecule has 2 N–H and O–H groups in total. The zero-order valence-electron chi connectivity index (χ0n) is 16.6. The number of hydrogen-bond donors (Lipinski definition) is 2. The number of nitrogens with one attached hydrogen (secondary N) is 1. The molecule has 1 aliphatic heterocycles. The van der Waals surface area contributed by atoms with Crippen LogP contribution >= 0.6 is 0 Å². The van der Waals surface area contributed by atoms with Crippen LogP contribution in [0.1, 0.15) is 51.5 Å². The normalized spacial score (nSPS) is 17.1. The summed E-state index contributed by atoms with van der Waals surface area (Å²) >= 11 is 0. The first kappa shape index (κ1) is 22.4. The van der Waals surface area contributed by atoms with E-state index in [1.54, 1.807) is 42.4 Å². The predicted octanol–water partition coefficient (Wildman–Crippen LogP) is 2.41. The van der Waals surface area contributed by atoms with Gasteiger partial charge in [-0.25, -0.2) is 13.2 Å². The maximum atomic E-state index is 12.8. The summed E-state index contributed by atoms with van der Waals surface area (Å²) in [6.45, 7) is 4.60. The van der Waals surface area contributed by atoms with Crippen LogP contribution < -0.4 is 5.32 Å². The molecule has 1 heterocycles. The van der Waals surface area contributed by atoms with Crippen LogP contribution in [-0.2, 0) is 26.0 Å². The van der Waals surface area contributed by atoms with Crippen molar-refractivity contribution in [2.75, 3.05) is 13.1 Å². The second-order valence-corrected chi connectivity index (χ2v) is 9.53. The van der Waals surface area contributed by atoms with Crippen LogP contribution in [-0.4, -0.2) is 48.8 Å². The number of amides is 1. The van der Waals surface area contributed by atoms with Crippen molar-refractivity contribution in [1.82, 2.24) is 9.62 Å². The Labute approximate surface area is 167 Å². The first-order valence-corrected chi connectivity index (χ1v) is 11.3. The Balaban J connectivity index is 1.95. The Morgan fingerprint density at radius 1 is 1.07 bits per heavy atom. The molecule has 1 aliphatic rings. The van der Waals surface area contributed by atoms with Crippen molar-refractivity contribution in [2.45, 2.75) is 63.3 Å². The summed E-state index contributed by atoms with van der Waals surface area (Å²) in [4.78, 5) is 23.5. The van der Waals surface area contributed by atoms with Crippen LogP contribution in [0.15, 0.2) is 29.2 Å². The molecule has 0 aromatic heterocycles. The summed E-state index contributed by atoms with van der Waals surface area (Å²) in [6.07, 6.45) is 4.47. The van der Waals surface area contributed by atoms with E-state index >= 15 is 0 Å². The highest BCUT2D eigenvalue weighted by molar-refractivity contribution is 7.89. The van der Waals surface area contributed by atoms with Crippen LogP contribution in [0, 0.1) is 5.92 Å². The third kappa shape index (κ3) is 6.04. The SMILES string of the molecule is CC(C)C(NC(=O)CCc1ccc(S(=O)(=O)N2CCCCCC2)cc1)C(=O)O. The first-order chi connectivity index (χ1) is 13.2. The van der Waals surface area contributed by atoms with Crippen LogP contribution in [0.3, 0.4) is 0 Å². The minimum atomic E-state index is -3.48. The van der Waals surface area contributed by atoms with Crippen molar-refractivity contribution in [3.05, 3.63) is 29.8 Å². The lowest BCUT2D eigenvalue weighted by atomic mass is 10.0. The van der Waals surface area contributed by atoms with Gasteiger partial charge in [0.2, 0.25) is 15.9 Å². The number of aliphatic carboxylic acids is 1. The second kappa shape index (κ2) is 10.0. The Hall–Kier alpha value is -1.93. The zero-order valence-corrected chi connectivity index (χ0v) is 17.4. The van der Waals surface area contributed by atoms with E-state index in [4.69, 9.17) is 5.11 Å². The molecule has 156 valence electrons. The summed E-state index contributed by atoms with van der Waals surface area (Å²) in [5.74, 6) is -1.58. The largest absolute Gasteiger partial charge is 0.480 e. The van der Waals surface area contributed by atoms with Crippen molar-refractivity contribution in [1.29, 1.82) is 0 Å². The molecular weight excluding hydrogens is 380 g/mol. The van der Waals surface area contributed by atoms with Crippen LogP contribution in [0.4, 0.5) is 0 Å². The monoisotopic (exact) mass is 410 g/mol. The fraction of sp³-hybridized carbons (Fsp3) is 0.600. The molecule has 0 bridgehead atoms. The van der Waals surface area contributed by atoms with E-state index in [0.29, 0.717) is 19.5 Å². The maximum Gasteiger partial charge on any atom is 0.326 e. The Morgan fingerprint density at radius 2 is 1.64 bits per heavy atom.